The van der Waals surface area contributed by atoms with Gasteiger partial charge in [-0.25, -0.2) is 4.39 Å². The van der Waals surface area contributed by atoms with Gasteiger partial charge in [0.1, 0.15) is 12.4 Å². The van der Waals surface area contributed by atoms with Crippen molar-refractivity contribution in [2.24, 2.45) is 4.99 Å². The highest BCUT2D eigenvalue weighted by Gasteiger charge is 2.19. The molecule has 3 rings (SSSR count). The molecule has 1 aliphatic rings. The van der Waals surface area contributed by atoms with Crippen molar-refractivity contribution < 1.29 is 9.18 Å². The van der Waals surface area contributed by atoms with Gasteiger partial charge in [0.15, 0.2) is 0 Å². The lowest BCUT2D eigenvalue weighted by molar-refractivity contribution is -0.114. The Hall–Kier alpha value is -2.49. The topological polar surface area (TPSA) is 41.5 Å². The van der Waals surface area contributed by atoms with Crippen LogP contribution in [-0.4, -0.2) is 18.2 Å². The summed E-state index contributed by atoms with van der Waals surface area (Å²) < 4.78 is 13.4. The van der Waals surface area contributed by atoms with Gasteiger partial charge in [-0.15, -0.1) is 0 Å². The van der Waals surface area contributed by atoms with E-state index in [0.29, 0.717) is 11.3 Å². The molecule has 2 aromatic rings. The number of fused-ring (bicyclic) bond motifs is 1. The number of carbonyl (C=O) groups excluding carboxylic acids is 1. The van der Waals surface area contributed by atoms with Gasteiger partial charge in [0.05, 0.1) is 11.4 Å². The summed E-state index contributed by atoms with van der Waals surface area (Å²) in [6.45, 7) is 1.97. The largest absolute Gasteiger partial charge is 0.324 e. The number of hydrogen-bond donors (Lipinski definition) is 1. The molecule has 0 aliphatic carbocycles. The van der Waals surface area contributed by atoms with Crippen LogP contribution in [0, 0.1) is 12.7 Å². The van der Waals surface area contributed by atoms with E-state index in [9.17, 15) is 9.18 Å². The Balaban J connectivity index is 2.21. The zero-order valence-electron chi connectivity index (χ0n) is 11.0. The smallest absolute Gasteiger partial charge is 0.246 e. The number of nitrogens with zero attached hydrogens (tertiary/aromatic N) is 1. The molecule has 0 bridgehead atoms. The number of aryl methyl sites for hydroxylation is 1. The Morgan fingerprint density at radius 2 is 2.00 bits per heavy atom. The summed E-state index contributed by atoms with van der Waals surface area (Å²) >= 11 is 0. The van der Waals surface area contributed by atoms with Gasteiger partial charge >= 0.3 is 0 Å². The van der Waals surface area contributed by atoms with E-state index in [-0.39, 0.29) is 18.3 Å². The van der Waals surface area contributed by atoms with Gasteiger partial charge < -0.3 is 5.32 Å². The molecule has 1 heterocycles. The van der Waals surface area contributed by atoms with E-state index in [4.69, 9.17) is 0 Å². The monoisotopic (exact) mass is 268 g/mol. The predicted molar refractivity (Wildman–Crippen MR) is 76.7 cm³/mol. The molecule has 0 saturated carbocycles. The summed E-state index contributed by atoms with van der Waals surface area (Å²) in [6, 6.07) is 12.0. The summed E-state index contributed by atoms with van der Waals surface area (Å²) in [7, 11) is 0. The molecule has 0 fully saturated rings. The highest BCUT2D eigenvalue weighted by molar-refractivity contribution is 6.19. The summed E-state index contributed by atoms with van der Waals surface area (Å²) in [4.78, 5) is 16.1. The van der Waals surface area contributed by atoms with Crippen LogP contribution in [0.4, 0.5) is 10.1 Å². The van der Waals surface area contributed by atoms with Crippen LogP contribution in [0.1, 0.15) is 16.7 Å². The van der Waals surface area contributed by atoms with Gasteiger partial charge in [-0.2, -0.15) is 0 Å². The molecule has 0 aromatic heterocycles. The summed E-state index contributed by atoms with van der Waals surface area (Å²) in [5.41, 5.74) is 3.84. The number of benzene rings is 2. The number of halogens is 1. The number of aliphatic imine (C=N–C) groups is 1. The number of benzodiazepines with no additional fused rings is 1. The maximum atomic E-state index is 13.4. The molecule has 1 amide bonds. The van der Waals surface area contributed by atoms with Gasteiger partial charge in [0.25, 0.3) is 0 Å². The molecule has 3 nitrogen and oxygen atoms in total. The third kappa shape index (κ3) is 2.20. The second-order valence-corrected chi connectivity index (χ2v) is 4.72. The zero-order chi connectivity index (χ0) is 14.1. The summed E-state index contributed by atoms with van der Waals surface area (Å²) in [5, 5.41) is 2.86. The quantitative estimate of drug-likeness (QED) is 0.849. The van der Waals surface area contributed by atoms with Crippen LogP contribution in [0.3, 0.4) is 0 Å². The first-order valence-corrected chi connectivity index (χ1v) is 6.35. The van der Waals surface area contributed by atoms with E-state index in [0.717, 1.165) is 16.8 Å². The highest BCUT2D eigenvalue weighted by Crippen LogP contribution is 2.26. The molecular formula is C16H13FN2O. The lowest BCUT2D eigenvalue weighted by Gasteiger charge is -2.12. The van der Waals surface area contributed by atoms with Crippen molar-refractivity contribution in [2.75, 3.05) is 11.9 Å². The third-order valence-electron chi connectivity index (χ3n) is 3.27. The predicted octanol–water partition coefficient (Wildman–Crippen LogP) is 2.92. The number of para-hydroxylation sites is 1. The number of rotatable bonds is 1. The maximum absolute atomic E-state index is 13.4. The van der Waals surface area contributed by atoms with Crippen molar-refractivity contribution in [1.82, 2.24) is 0 Å². The van der Waals surface area contributed by atoms with Gasteiger partial charge in [0, 0.05) is 11.1 Å². The van der Waals surface area contributed by atoms with Gasteiger partial charge in [0.2, 0.25) is 5.91 Å². The van der Waals surface area contributed by atoms with Crippen molar-refractivity contribution >= 4 is 17.3 Å². The van der Waals surface area contributed by atoms with Crippen LogP contribution in [0.5, 0.6) is 0 Å². The van der Waals surface area contributed by atoms with Crippen LogP contribution < -0.4 is 5.32 Å². The van der Waals surface area contributed by atoms with Crippen molar-refractivity contribution in [3.8, 4) is 0 Å². The van der Waals surface area contributed by atoms with Crippen molar-refractivity contribution in [1.29, 1.82) is 0 Å². The van der Waals surface area contributed by atoms with E-state index in [1.54, 1.807) is 12.1 Å². The molecule has 0 radical (unpaired) electrons. The lowest BCUT2D eigenvalue weighted by atomic mass is 9.98. The number of nitrogens with one attached hydrogen (secondary N) is 1. The first kappa shape index (κ1) is 12.5. The maximum Gasteiger partial charge on any atom is 0.246 e. The van der Waals surface area contributed by atoms with Gasteiger partial charge in [-0.3, -0.25) is 9.79 Å². The van der Waals surface area contributed by atoms with Crippen molar-refractivity contribution in [3.63, 3.8) is 0 Å². The first-order valence-electron chi connectivity index (χ1n) is 6.35. The molecular weight excluding hydrogens is 255 g/mol. The zero-order valence-corrected chi connectivity index (χ0v) is 11.0. The van der Waals surface area contributed by atoms with Crippen LogP contribution in [0.15, 0.2) is 47.5 Å². The summed E-state index contributed by atoms with van der Waals surface area (Å²) in [5.74, 6) is -0.477. The van der Waals surface area contributed by atoms with E-state index in [1.807, 2.05) is 25.1 Å². The molecule has 2 aromatic carbocycles. The fourth-order valence-electron chi connectivity index (χ4n) is 2.33. The van der Waals surface area contributed by atoms with Crippen LogP contribution >= 0.6 is 0 Å². The van der Waals surface area contributed by atoms with Crippen LogP contribution in [0.2, 0.25) is 0 Å². The third-order valence-corrected chi connectivity index (χ3v) is 3.27. The van der Waals surface area contributed by atoms with Crippen LogP contribution in [-0.2, 0) is 4.79 Å². The Labute approximate surface area is 116 Å². The summed E-state index contributed by atoms with van der Waals surface area (Å²) in [6.07, 6.45) is 0. The Bertz CT molecular complexity index is 722. The number of hydrogen-bond acceptors (Lipinski definition) is 2. The van der Waals surface area contributed by atoms with Crippen molar-refractivity contribution in [3.05, 3.63) is 65.0 Å². The molecule has 100 valence electrons. The molecule has 0 saturated heterocycles. The average Bonchev–Trinajstić information content (AvgIpc) is 2.59. The minimum Gasteiger partial charge on any atom is -0.324 e. The fraction of sp³-hybridized carbons (Fsp3) is 0.125. The van der Waals surface area contributed by atoms with Gasteiger partial charge in [-0.05, 0) is 24.6 Å². The van der Waals surface area contributed by atoms with E-state index in [2.05, 4.69) is 10.3 Å². The Morgan fingerprint density at radius 1 is 1.20 bits per heavy atom. The fourth-order valence-corrected chi connectivity index (χ4v) is 2.33. The minimum absolute atomic E-state index is 0.0416. The standard InChI is InChI=1S/C16H13FN2O/c1-10-4-2-7-13-15(10)19-14(20)9-18-16(13)11-5-3-6-12(17)8-11/h2-8H,9H2,1H3,(H,19,20). The van der Waals surface area contributed by atoms with E-state index < -0.39 is 0 Å². The molecule has 0 atom stereocenters. The Morgan fingerprint density at radius 3 is 2.80 bits per heavy atom. The van der Waals surface area contributed by atoms with Crippen molar-refractivity contribution in [2.45, 2.75) is 6.92 Å². The molecule has 0 spiro atoms. The number of carbonyl (C=O) groups is 1. The van der Waals surface area contributed by atoms with E-state index in [1.165, 1.54) is 12.1 Å². The number of anilines is 1. The lowest BCUT2D eigenvalue weighted by Crippen LogP contribution is -2.14. The van der Waals surface area contributed by atoms with Crippen LogP contribution in [0.25, 0.3) is 0 Å². The van der Waals surface area contributed by atoms with Gasteiger partial charge in [-0.1, -0.05) is 30.3 Å². The average molecular weight is 268 g/mol. The minimum atomic E-state index is -0.317. The Kier molecular flexibility index (Phi) is 3.06. The second kappa shape index (κ2) is 4.89. The normalized spacial score (nSPS) is 14.1. The number of amides is 1. The molecule has 1 aliphatic heterocycles. The second-order valence-electron chi connectivity index (χ2n) is 4.72. The highest BCUT2D eigenvalue weighted by atomic mass is 19.1. The van der Waals surface area contributed by atoms with E-state index >= 15 is 0 Å². The molecule has 4 heteroatoms. The molecule has 1 N–H and O–H groups in total. The molecule has 20 heavy (non-hydrogen) atoms. The molecule has 0 unspecified atom stereocenters. The SMILES string of the molecule is Cc1cccc2c1NC(=O)CN=C2c1cccc(F)c1. The first-order chi connectivity index (χ1) is 9.65.